The highest BCUT2D eigenvalue weighted by atomic mass is 32.2. The summed E-state index contributed by atoms with van der Waals surface area (Å²) < 4.78 is 5.14. The fourth-order valence-corrected chi connectivity index (χ4v) is 4.14. The molecule has 0 unspecified atom stereocenters. The molecule has 0 aromatic rings. The van der Waals surface area contributed by atoms with Crippen LogP contribution in [0, 0.1) is 0 Å². The number of ether oxygens (including phenoxy) is 1. The lowest BCUT2D eigenvalue weighted by Gasteiger charge is -2.29. The van der Waals surface area contributed by atoms with Gasteiger partial charge in [0.2, 0.25) is 5.91 Å². The van der Waals surface area contributed by atoms with Gasteiger partial charge in [0, 0.05) is 18.7 Å². The maximum atomic E-state index is 12.3. The van der Waals surface area contributed by atoms with E-state index in [2.05, 4.69) is 10.6 Å². The van der Waals surface area contributed by atoms with Crippen molar-refractivity contribution >= 4 is 35.6 Å². The summed E-state index contributed by atoms with van der Waals surface area (Å²) in [6.45, 7) is 5.41. The van der Waals surface area contributed by atoms with Crippen molar-refractivity contribution in [2.24, 2.45) is 0 Å². The van der Waals surface area contributed by atoms with Crippen molar-refractivity contribution in [1.82, 2.24) is 15.5 Å². The smallest absolute Gasteiger partial charge is 0.330 e. The zero-order valence-electron chi connectivity index (χ0n) is 13.4. The fraction of sp³-hybridized carbons (Fsp3) is 0.714. The van der Waals surface area contributed by atoms with E-state index in [9.17, 15) is 19.2 Å². The molecule has 2 fully saturated rings. The lowest BCUT2D eigenvalue weighted by atomic mass is 10.2. The molecule has 4 amide bonds. The Morgan fingerprint density at radius 2 is 2.17 bits per heavy atom. The van der Waals surface area contributed by atoms with E-state index in [1.54, 1.807) is 23.6 Å². The number of imide groups is 1. The topological polar surface area (TPSA) is 105 Å². The molecule has 0 spiro atoms. The Morgan fingerprint density at radius 3 is 2.83 bits per heavy atom. The van der Waals surface area contributed by atoms with Gasteiger partial charge < -0.3 is 15.0 Å². The minimum Gasteiger partial charge on any atom is -0.451 e. The minimum absolute atomic E-state index is 0.0705. The van der Waals surface area contributed by atoms with Gasteiger partial charge in [-0.2, -0.15) is 0 Å². The van der Waals surface area contributed by atoms with Gasteiger partial charge in [0.05, 0.1) is 4.87 Å². The highest BCUT2D eigenvalue weighted by molar-refractivity contribution is 8.01. The van der Waals surface area contributed by atoms with Gasteiger partial charge >= 0.3 is 12.0 Å². The fourth-order valence-electron chi connectivity index (χ4n) is 2.72. The Hall–Kier alpha value is -1.77. The first-order valence-electron chi connectivity index (χ1n) is 7.54. The Morgan fingerprint density at radius 1 is 1.48 bits per heavy atom. The summed E-state index contributed by atoms with van der Waals surface area (Å²) in [5, 5.41) is 4.50. The number of nitrogens with zero attached hydrogens (tertiary/aromatic N) is 1. The summed E-state index contributed by atoms with van der Waals surface area (Å²) in [4.78, 5) is 48.6. The van der Waals surface area contributed by atoms with Crippen LogP contribution in [0.3, 0.4) is 0 Å². The molecule has 0 aliphatic carbocycles. The van der Waals surface area contributed by atoms with E-state index in [0.29, 0.717) is 25.1 Å². The molecule has 2 rings (SSSR count). The zero-order chi connectivity index (χ0) is 17.2. The Balaban J connectivity index is 1.93. The number of rotatable bonds is 4. The lowest BCUT2D eigenvalue weighted by Crippen LogP contribution is -2.49. The minimum atomic E-state index is -1.11. The van der Waals surface area contributed by atoms with Gasteiger partial charge in [-0.1, -0.05) is 0 Å². The van der Waals surface area contributed by atoms with Crippen molar-refractivity contribution in [2.45, 2.75) is 50.6 Å². The van der Waals surface area contributed by atoms with Gasteiger partial charge in [-0.25, -0.2) is 9.59 Å². The molecule has 2 N–H and O–H groups in total. The summed E-state index contributed by atoms with van der Waals surface area (Å²) in [6.07, 6.45) is 0.00765. The van der Waals surface area contributed by atoms with Crippen LogP contribution in [0.25, 0.3) is 0 Å². The molecular weight excluding hydrogens is 322 g/mol. The van der Waals surface area contributed by atoms with Crippen molar-refractivity contribution < 1.29 is 23.9 Å². The first-order valence-corrected chi connectivity index (χ1v) is 8.52. The zero-order valence-corrected chi connectivity index (χ0v) is 14.2. The van der Waals surface area contributed by atoms with E-state index < -0.39 is 30.1 Å². The van der Waals surface area contributed by atoms with Crippen LogP contribution in [0.5, 0.6) is 0 Å². The largest absolute Gasteiger partial charge is 0.451 e. The maximum Gasteiger partial charge on any atom is 0.330 e. The van der Waals surface area contributed by atoms with E-state index in [0.717, 1.165) is 0 Å². The quantitative estimate of drug-likeness (QED) is 0.708. The second-order valence-electron chi connectivity index (χ2n) is 5.69. The number of amides is 4. The van der Waals surface area contributed by atoms with E-state index in [1.807, 2.05) is 6.92 Å². The molecule has 3 atom stereocenters. The molecule has 8 nitrogen and oxygen atoms in total. The van der Waals surface area contributed by atoms with Gasteiger partial charge in [-0.15, -0.1) is 11.8 Å². The Bertz CT molecular complexity index is 541. The number of carbonyl (C=O) groups excluding carboxylic acids is 4. The third-order valence-corrected chi connectivity index (χ3v) is 5.46. The summed E-state index contributed by atoms with van der Waals surface area (Å²) in [5.74, 6) is -0.939. The number of thioether (sulfide) groups is 1. The number of esters is 1. The second kappa shape index (κ2) is 6.77. The van der Waals surface area contributed by atoms with Crippen LogP contribution in [-0.4, -0.2) is 58.0 Å². The van der Waals surface area contributed by atoms with Crippen LogP contribution in [0.4, 0.5) is 4.79 Å². The number of hydrogen-bond acceptors (Lipinski definition) is 6. The molecule has 0 saturated carbocycles. The van der Waals surface area contributed by atoms with Crippen molar-refractivity contribution in [3.63, 3.8) is 0 Å². The van der Waals surface area contributed by atoms with Gasteiger partial charge in [0.15, 0.2) is 6.10 Å². The number of fused-ring (bicyclic) bond motifs is 1. The van der Waals surface area contributed by atoms with E-state index in [1.165, 1.54) is 6.92 Å². The summed E-state index contributed by atoms with van der Waals surface area (Å²) >= 11 is 1.55. The number of hydrogen-bond donors (Lipinski definition) is 2. The first-order chi connectivity index (χ1) is 10.8. The van der Waals surface area contributed by atoms with Crippen molar-refractivity contribution in [1.29, 1.82) is 0 Å². The normalized spacial score (nSPS) is 27.3. The number of urea groups is 1. The third kappa shape index (κ3) is 3.60. The van der Waals surface area contributed by atoms with Crippen molar-refractivity contribution in [3.8, 4) is 0 Å². The molecule has 128 valence electrons. The molecule has 2 saturated heterocycles. The van der Waals surface area contributed by atoms with Crippen molar-refractivity contribution in [2.75, 3.05) is 12.3 Å². The average Bonchev–Trinajstić information content (AvgIpc) is 2.96. The standard InChI is InChI=1S/C14H21N3O5S/c1-4-15-13(21)16-11(19)8(2)22-12(20)9-7-23-14(3)6-5-10(18)17(9)14/h8-9H,4-7H2,1-3H3,(H2,15,16,19,21)/t8-,9-,14+/m1/s1. The highest BCUT2D eigenvalue weighted by Gasteiger charge is 2.53. The van der Waals surface area contributed by atoms with Gasteiger partial charge in [-0.05, 0) is 27.2 Å². The van der Waals surface area contributed by atoms with Crippen LogP contribution in [0.15, 0.2) is 0 Å². The second-order valence-corrected chi connectivity index (χ2v) is 7.19. The molecule has 9 heteroatoms. The van der Waals surface area contributed by atoms with Gasteiger partial charge in [-0.3, -0.25) is 14.9 Å². The summed E-state index contributed by atoms with van der Waals surface area (Å²) in [5.41, 5.74) is 0. The lowest BCUT2D eigenvalue weighted by molar-refractivity contribution is -0.161. The van der Waals surface area contributed by atoms with Crippen LogP contribution < -0.4 is 10.6 Å². The predicted octanol–water partition coefficient (Wildman–Crippen LogP) is 0.218. The van der Waals surface area contributed by atoms with Crippen LogP contribution >= 0.6 is 11.8 Å². The molecule has 0 aromatic carbocycles. The van der Waals surface area contributed by atoms with Crippen LogP contribution in [0.2, 0.25) is 0 Å². The molecule has 2 aliphatic heterocycles. The SMILES string of the molecule is CCNC(=O)NC(=O)[C@@H](C)OC(=O)[C@H]1CS[C@@]2(C)CCC(=O)N12. The third-order valence-electron chi connectivity index (χ3n) is 3.95. The molecule has 2 aliphatic rings. The predicted molar refractivity (Wildman–Crippen MR) is 83.5 cm³/mol. The number of carbonyl (C=O) groups is 4. The monoisotopic (exact) mass is 343 g/mol. The molecular formula is C14H21N3O5S. The van der Waals surface area contributed by atoms with Gasteiger partial charge in [0.1, 0.15) is 6.04 Å². The van der Waals surface area contributed by atoms with Crippen LogP contribution in [-0.2, 0) is 19.1 Å². The Kier molecular flexibility index (Phi) is 5.18. The molecule has 23 heavy (non-hydrogen) atoms. The average molecular weight is 343 g/mol. The maximum absolute atomic E-state index is 12.3. The molecule has 0 radical (unpaired) electrons. The summed E-state index contributed by atoms with van der Waals surface area (Å²) in [7, 11) is 0. The molecule has 0 bridgehead atoms. The van der Waals surface area contributed by atoms with Gasteiger partial charge in [0.25, 0.3) is 5.91 Å². The first kappa shape index (κ1) is 17.6. The summed E-state index contributed by atoms with van der Waals surface area (Å²) in [6, 6.07) is -1.32. The Labute approximate surface area is 138 Å². The highest BCUT2D eigenvalue weighted by Crippen LogP contribution is 2.47. The van der Waals surface area contributed by atoms with E-state index >= 15 is 0 Å². The van der Waals surface area contributed by atoms with Crippen LogP contribution in [0.1, 0.15) is 33.6 Å². The molecule has 0 aromatic heterocycles. The van der Waals surface area contributed by atoms with Crippen molar-refractivity contribution in [3.05, 3.63) is 0 Å². The molecule has 2 heterocycles. The van der Waals surface area contributed by atoms with E-state index in [4.69, 9.17) is 4.74 Å². The van der Waals surface area contributed by atoms with E-state index in [-0.39, 0.29) is 10.8 Å². The number of nitrogens with one attached hydrogen (secondary N) is 2.